The fourth-order valence-corrected chi connectivity index (χ4v) is 4.82. The summed E-state index contributed by atoms with van der Waals surface area (Å²) in [7, 11) is 2.01. The van der Waals surface area contributed by atoms with Crippen LogP contribution in [0, 0.1) is 3.57 Å². The second-order valence-electron chi connectivity index (χ2n) is 6.49. The number of imidazole rings is 1. The number of hydrogen-bond acceptors (Lipinski definition) is 5. The number of aromatic nitrogens is 7. The van der Waals surface area contributed by atoms with Crippen molar-refractivity contribution < 1.29 is 0 Å². The number of fused-ring (bicyclic) bond motifs is 1. The van der Waals surface area contributed by atoms with Crippen LogP contribution in [0.5, 0.6) is 0 Å². The maximum atomic E-state index is 4.66. The number of aryl methyl sites for hydroxylation is 1. The van der Waals surface area contributed by atoms with E-state index in [9.17, 15) is 0 Å². The van der Waals surface area contributed by atoms with Crippen LogP contribution in [-0.2, 0) is 7.05 Å². The molecule has 0 aliphatic heterocycles. The Morgan fingerprint density at radius 3 is 2.69 bits per heavy atom. The van der Waals surface area contributed by atoms with Crippen LogP contribution < -0.4 is 0 Å². The van der Waals surface area contributed by atoms with Crippen molar-refractivity contribution in [2.75, 3.05) is 0 Å². The van der Waals surface area contributed by atoms with Crippen LogP contribution in [-0.4, -0.2) is 39.7 Å². The molecule has 3 aromatic heterocycles. The smallest absolute Gasteiger partial charge is 0.204 e. The first kappa shape index (κ1) is 17.8. The Bertz CT molecular complexity index is 1340. The molecule has 5 aromatic rings. The standard InChI is InChI=1S/C21H16IN7/c1-22-17-8-7-16(14-5-3-4-6-15(14)17)20-19(24-12-29(20)2)18-11-13(9-10-23-18)21-25-27-28-26-21/h3-12H,1H2,2H3,(H,25,26,27,28). The van der Waals surface area contributed by atoms with Crippen molar-refractivity contribution in [3.8, 4) is 34.0 Å². The van der Waals surface area contributed by atoms with Crippen molar-refractivity contribution >= 4 is 36.0 Å². The van der Waals surface area contributed by atoms with Crippen molar-refractivity contribution in [2.45, 2.75) is 0 Å². The number of aromatic amines is 1. The molecule has 0 saturated carbocycles. The van der Waals surface area contributed by atoms with Crippen molar-refractivity contribution in [2.24, 2.45) is 7.05 Å². The van der Waals surface area contributed by atoms with Crippen LogP contribution in [0.3, 0.4) is 0 Å². The van der Waals surface area contributed by atoms with E-state index >= 15 is 0 Å². The first-order valence-corrected chi connectivity index (χ1v) is 11.5. The minimum Gasteiger partial charge on any atom is -0.333 e. The normalized spacial score (nSPS) is 11.2. The lowest BCUT2D eigenvalue weighted by molar-refractivity contribution is 0.881. The van der Waals surface area contributed by atoms with Gasteiger partial charge >= 0.3 is 0 Å². The Labute approximate surface area is 176 Å². The van der Waals surface area contributed by atoms with Gasteiger partial charge in [0.1, 0.15) is 5.69 Å². The fourth-order valence-electron chi connectivity index (χ4n) is 3.50. The monoisotopic (exact) mass is 493 g/mol. The maximum Gasteiger partial charge on any atom is 0.204 e. The molecule has 0 spiro atoms. The van der Waals surface area contributed by atoms with Gasteiger partial charge in [-0.15, -0.1) is 10.2 Å². The molecule has 0 fully saturated rings. The third-order valence-corrected chi connectivity index (χ3v) is 6.58. The summed E-state index contributed by atoms with van der Waals surface area (Å²) < 4.78 is 7.56. The van der Waals surface area contributed by atoms with Gasteiger partial charge in [-0.3, -0.25) is 4.98 Å². The molecule has 0 bridgehead atoms. The van der Waals surface area contributed by atoms with Gasteiger partial charge in [-0.1, -0.05) is 55.6 Å². The molecule has 3 heterocycles. The zero-order chi connectivity index (χ0) is 19.8. The Morgan fingerprint density at radius 2 is 1.90 bits per heavy atom. The first-order valence-electron chi connectivity index (χ1n) is 8.88. The molecule has 142 valence electrons. The summed E-state index contributed by atoms with van der Waals surface area (Å²) in [5.74, 6) is 0.528. The minimum atomic E-state index is -0.258. The average molecular weight is 493 g/mol. The van der Waals surface area contributed by atoms with E-state index in [2.05, 4.69) is 71.5 Å². The number of nitrogens with one attached hydrogen (secondary N) is 1. The van der Waals surface area contributed by atoms with Gasteiger partial charge < -0.3 is 4.57 Å². The van der Waals surface area contributed by atoms with Gasteiger partial charge in [-0.25, -0.2) is 4.98 Å². The third kappa shape index (κ3) is 3.05. The largest absolute Gasteiger partial charge is 0.333 e. The van der Waals surface area contributed by atoms with Crippen molar-refractivity contribution in [3.63, 3.8) is 0 Å². The molecule has 1 N–H and O–H groups in total. The highest BCUT2D eigenvalue weighted by molar-refractivity contribution is 14.2. The molecule has 8 heteroatoms. The van der Waals surface area contributed by atoms with Crippen molar-refractivity contribution in [1.29, 1.82) is 0 Å². The second-order valence-corrected chi connectivity index (χ2v) is 8.42. The Hall–Kier alpha value is -3.27. The summed E-state index contributed by atoms with van der Waals surface area (Å²) in [5.41, 5.74) is 4.57. The van der Waals surface area contributed by atoms with E-state index in [0.717, 1.165) is 28.2 Å². The van der Waals surface area contributed by atoms with Crippen LogP contribution in [0.25, 0.3) is 44.8 Å². The molecule has 0 atom stereocenters. The number of tetrazole rings is 1. The van der Waals surface area contributed by atoms with Crippen LogP contribution in [0.4, 0.5) is 0 Å². The molecule has 7 nitrogen and oxygen atoms in total. The van der Waals surface area contributed by atoms with Gasteiger partial charge in [0.25, 0.3) is 0 Å². The van der Waals surface area contributed by atoms with E-state index in [0.29, 0.717) is 5.82 Å². The first-order chi connectivity index (χ1) is 14.3. The highest BCUT2D eigenvalue weighted by Gasteiger charge is 2.18. The van der Waals surface area contributed by atoms with Gasteiger partial charge in [0.2, 0.25) is 5.82 Å². The molecule has 0 saturated heterocycles. The predicted octanol–water partition coefficient (Wildman–Crippen LogP) is 4.05. The quantitative estimate of drug-likeness (QED) is 0.382. The second kappa shape index (κ2) is 7.28. The summed E-state index contributed by atoms with van der Waals surface area (Å²) in [6.07, 6.45) is 3.57. The number of halogens is 1. The van der Waals surface area contributed by atoms with E-state index < -0.39 is 0 Å². The number of rotatable bonds is 4. The molecule has 5 rings (SSSR count). The van der Waals surface area contributed by atoms with Crippen molar-refractivity contribution in [1.82, 2.24) is 35.2 Å². The van der Waals surface area contributed by atoms with Crippen LogP contribution >= 0.6 is 20.7 Å². The lowest BCUT2D eigenvalue weighted by Gasteiger charge is -2.12. The molecular formula is C21H16IN7. The van der Waals surface area contributed by atoms with Crippen LogP contribution in [0.1, 0.15) is 0 Å². The molecule has 0 aliphatic carbocycles. The average Bonchev–Trinajstić information content (AvgIpc) is 3.43. The number of pyridine rings is 1. The van der Waals surface area contributed by atoms with Gasteiger partial charge in [0, 0.05) is 27.9 Å². The van der Waals surface area contributed by atoms with Gasteiger partial charge in [-0.05, 0) is 34.2 Å². The summed E-state index contributed by atoms with van der Waals surface area (Å²) in [6, 6.07) is 16.6. The number of hydrogen-bond donors (Lipinski definition) is 1. The Kier molecular flexibility index (Phi) is 4.47. The molecular weight excluding hydrogens is 477 g/mol. The third-order valence-electron chi connectivity index (χ3n) is 4.81. The van der Waals surface area contributed by atoms with Gasteiger partial charge in [-0.2, -0.15) is 5.21 Å². The molecule has 0 radical (unpaired) electrons. The van der Waals surface area contributed by atoms with Gasteiger partial charge in [0.05, 0.1) is 17.7 Å². The molecule has 2 aromatic carbocycles. The van der Waals surface area contributed by atoms with E-state index in [1.54, 1.807) is 6.20 Å². The van der Waals surface area contributed by atoms with E-state index in [1.165, 1.54) is 14.3 Å². The van der Waals surface area contributed by atoms with E-state index in [1.807, 2.05) is 30.1 Å². The zero-order valence-electron chi connectivity index (χ0n) is 15.5. The Morgan fingerprint density at radius 1 is 1.03 bits per heavy atom. The van der Waals surface area contributed by atoms with E-state index in [-0.39, 0.29) is 20.7 Å². The van der Waals surface area contributed by atoms with Gasteiger partial charge in [0.15, 0.2) is 0 Å². The maximum absolute atomic E-state index is 4.66. The topological polar surface area (TPSA) is 85.2 Å². The van der Waals surface area contributed by atoms with Crippen LogP contribution in [0.15, 0.2) is 61.1 Å². The lowest BCUT2D eigenvalue weighted by atomic mass is 9.99. The predicted molar refractivity (Wildman–Crippen MR) is 122 cm³/mol. The summed E-state index contributed by atoms with van der Waals surface area (Å²) in [4.78, 5) is 9.23. The number of benzene rings is 2. The molecule has 0 aliphatic rings. The van der Waals surface area contributed by atoms with E-state index in [4.69, 9.17) is 0 Å². The molecule has 29 heavy (non-hydrogen) atoms. The fraction of sp³-hybridized carbons (Fsp3) is 0.0476. The number of H-pyrrole nitrogens is 1. The Balaban J connectivity index is 1.73. The summed E-state index contributed by atoms with van der Waals surface area (Å²) >= 11 is -0.258. The summed E-state index contributed by atoms with van der Waals surface area (Å²) in [6.45, 7) is 0. The van der Waals surface area contributed by atoms with Crippen LogP contribution in [0.2, 0.25) is 0 Å². The highest BCUT2D eigenvalue weighted by atomic mass is 127. The molecule has 0 amide bonds. The molecule has 0 unspecified atom stereocenters. The highest BCUT2D eigenvalue weighted by Crippen LogP contribution is 2.37. The van der Waals surface area contributed by atoms with Crippen molar-refractivity contribution in [3.05, 3.63) is 64.6 Å². The zero-order valence-corrected chi connectivity index (χ0v) is 17.7. The number of nitrogens with zero attached hydrogens (tertiary/aromatic N) is 6. The summed E-state index contributed by atoms with van der Waals surface area (Å²) in [5, 5.41) is 16.7. The lowest BCUT2D eigenvalue weighted by Crippen LogP contribution is -1.95. The minimum absolute atomic E-state index is 0.258. The SMILES string of the molecule is C=Ic1ccc(-c2c(-c3cc(-c4nn[nH]n4)ccn3)ncn2C)c2ccccc12.